The maximum atomic E-state index is 13.2. The average Bonchev–Trinajstić information content (AvgIpc) is 3.25. The maximum Gasteiger partial charge on any atom is 0.233 e. The Morgan fingerprint density at radius 3 is 2.62 bits per heavy atom. The number of methoxy groups -OCH3 is 1. The van der Waals surface area contributed by atoms with Crippen LogP contribution in [0.2, 0.25) is 0 Å². The summed E-state index contributed by atoms with van der Waals surface area (Å²) in [6, 6.07) is 8.59. The van der Waals surface area contributed by atoms with Crippen molar-refractivity contribution in [2.24, 2.45) is 5.92 Å². The highest BCUT2D eigenvalue weighted by molar-refractivity contribution is 7.99. The Morgan fingerprint density at radius 2 is 1.97 bits per heavy atom. The second-order valence-electron chi connectivity index (χ2n) is 8.08. The van der Waals surface area contributed by atoms with Crippen LogP contribution < -0.4 is 4.74 Å². The summed E-state index contributed by atoms with van der Waals surface area (Å²) in [6.45, 7) is 2.79. The van der Waals surface area contributed by atoms with Crippen LogP contribution in [0, 0.1) is 5.92 Å². The molecule has 0 spiro atoms. The maximum absolute atomic E-state index is 13.2. The third-order valence-electron chi connectivity index (χ3n) is 6.09. The van der Waals surface area contributed by atoms with E-state index in [0.29, 0.717) is 24.3 Å². The number of carbonyl (C=O) groups excluding carboxylic acids is 1. The first-order valence-corrected chi connectivity index (χ1v) is 11.5. The molecule has 156 valence electrons. The molecule has 1 heterocycles. The molecule has 2 aromatic rings. The Morgan fingerprint density at radius 1 is 1.24 bits per heavy atom. The van der Waals surface area contributed by atoms with E-state index in [4.69, 9.17) is 4.74 Å². The zero-order valence-corrected chi connectivity index (χ0v) is 18.0. The van der Waals surface area contributed by atoms with Crippen molar-refractivity contribution in [3.63, 3.8) is 0 Å². The SMILES string of the molecule is COc1ccc(CN(C(=O)CSc2nnnn2C2CCCC2)C(C)C2CC2)cc1. The molecule has 1 aromatic carbocycles. The normalized spacial score (nSPS) is 18.0. The number of rotatable bonds is 9. The summed E-state index contributed by atoms with van der Waals surface area (Å²) in [7, 11) is 1.66. The lowest BCUT2D eigenvalue weighted by Gasteiger charge is -2.29. The van der Waals surface area contributed by atoms with Crippen molar-refractivity contribution < 1.29 is 9.53 Å². The molecule has 2 fully saturated rings. The molecule has 0 saturated heterocycles. The number of ether oxygens (including phenoxy) is 1. The van der Waals surface area contributed by atoms with E-state index < -0.39 is 0 Å². The molecule has 0 radical (unpaired) electrons. The van der Waals surface area contributed by atoms with Gasteiger partial charge in [-0.1, -0.05) is 36.7 Å². The highest BCUT2D eigenvalue weighted by atomic mass is 32.2. The van der Waals surface area contributed by atoms with Crippen molar-refractivity contribution in [1.82, 2.24) is 25.1 Å². The van der Waals surface area contributed by atoms with E-state index >= 15 is 0 Å². The number of carbonyl (C=O) groups is 1. The van der Waals surface area contributed by atoms with Gasteiger partial charge in [-0.15, -0.1) is 5.10 Å². The molecule has 2 aliphatic rings. The molecule has 0 aliphatic heterocycles. The first kappa shape index (κ1) is 20.2. The van der Waals surface area contributed by atoms with Crippen LogP contribution in [0.4, 0.5) is 0 Å². The first-order valence-electron chi connectivity index (χ1n) is 10.5. The van der Waals surface area contributed by atoms with Crippen LogP contribution >= 0.6 is 11.8 Å². The molecule has 1 aromatic heterocycles. The van der Waals surface area contributed by atoms with Crippen LogP contribution in [0.5, 0.6) is 5.75 Å². The van der Waals surface area contributed by atoms with Crippen LogP contribution in [0.15, 0.2) is 29.4 Å². The largest absolute Gasteiger partial charge is 0.497 e. The number of benzene rings is 1. The highest BCUT2D eigenvalue weighted by Crippen LogP contribution is 2.36. The fourth-order valence-corrected chi connectivity index (χ4v) is 4.92. The minimum absolute atomic E-state index is 0.145. The number of tetrazole rings is 1. The third-order valence-corrected chi connectivity index (χ3v) is 7.00. The van der Waals surface area contributed by atoms with E-state index in [0.717, 1.165) is 29.3 Å². The summed E-state index contributed by atoms with van der Waals surface area (Å²) in [6.07, 6.45) is 7.11. The first-order chi connectivity index (χ1) is 14.2. The third kappa shape index (κ3) is 4.91. The second kappa shape index (κ2) is 9.15. The van der Waals surface area contributed by atoms with E-state index in [9.17, 15) is 4.79 Å². The van der Waals surface area contributed by atoms with Gasteiger partial charge in [-0.3, -0.25) is 4.79 Å². The molecule has 7 nitrogen and oxygen atoms in total. The van der Waals surface area contributed by atoms with Gasteiger partial charge in [-0.2, -0.15) is 0 Å². The van der Waals surface area contributed by atoms with Gasteiger partial charge in [0.25, 0.3) is 0 Å². The Labute approximate surface area is 176 Å². The number of nitrogens with zero attached hydrogens (tertiary/aromatic N) is 5. The van der Waals surface area contributed by atoms with E-state index in [1.807, 2.05) is 33.8 Å². The molecule has 1 amide bonds. The Bertz CT molecular complexity index is 815. The lowest BCUT2D eigenvalue weighted by molar-refractivity contribution is -0.131. The Hall–Kier alpha value is -2.09. The average molecular weight is 416 g/mol. The van der Waals surface area contributed by atoms with Crippen molar-refractivity contribution in [2.45, 2.75) is 69.2 Å². The number of hydrogen-bond donors (Lipinski definition) is 0. The standard InChI is InChI=1S/C21H29N5O2S/c1-15(17-9-10-17)25(13-16-7-11-19(28-2)12-8-16)20(27)14-29-21-22-23-24-26(21)18-5-3-4-6-18/h7-8,11-12,15,17-18H,3-6,9-10,13-14H2,1-2H3. The van der Waals surface area contributed by atoms with E-state index in [1.165, 1.54) is 37.4 Å². The lowest BCUT2D eigenvalue weighted by Crippen LogP contribution is -2.40. The van der Waals surface area contributed by atoms with Gasteiger partial charge in [0.2, 0.25) is 11.1 Å². The van der Waals surface area contributed by atoms with Gasteiger partial charge in [0.1, 0.15) is 5.75 Å². The molecular weight excluding hydrogens is 386 g/mol. The van der Waals surface area contributed by atoms with E-state index in [1.54, 1.807) is 7.11 Å². The molecule has 8 heteroatoms. The minimum atomic E-state index is 0.145. The van der Waals surface area contributed by atoms with Crippen molar-refractivity contribution in [3.05, 3.63) is 29.8 Å². The monoisotopic (exact) mass is 415 g/mol. The van der Waals surface area contributed by atoms with E-state index in [2.05, 4.69) is 22.4 Å². The fourth-order valence-electron chi connectivity index (χ4n) is 4.09. The predicted molar refractivity (Wildman–Crippen MR) is 112 cm³/mol. The minimum Gasteiger partial charge on any atom is -0.497 e. The molecule has 2 aliphatic carbocycles. The molecule has 2 saturated carbocycles. The number of thioether (sulfide) groups is 1. The van der Waals surface area contributed by atoms with Crippen molar-refractivity contribution in [3.8, 4) is 5.75 Å². The zero-order valence-electron chi connectivity index (χ0n) is 17.2. The second-order valence-corrected chi connectivity index (χ2v) is 9.02. The van der Waals surface area contributed by atoms with Crippen LogP contribution in [-0.4, -0.2) is 49.9 Å². The van der Waals surface area contributed by atoms with Crippen LogP contribution in [0.1, 0.15) is 57.1 Å². The van der Waals surface area contributed by atoms with Crippen molar-refractivity contribution in [2.75, 3.05) is 12.9 Å². The summed E-state index contributed by atoms with van der Waals surface area (Å²) in [4.78, 5) is 15.2. The number of hydrogen-bond acceptors (Lipinski definition) is 6. The van der Waals surface area contributed by atoms with Crippen LogP contribution in [0.25, 0.3) is 0 Å². The van der Waals surface area contributed by atoms with Gasteiger partial charge in [-0.25, -0.2) is 4.68 Å². The molecule has 0 N–H and O–H groups in total. The van der Waals surface area contributed by atoms with Gasteiger partial charge in [0, 0.05) is 12.6 Å². The number of amides is 1. The molecule has 1 unspecified atom stereocenters. The van der Waals surface area contributed by atoms with E-state index in [-0.39, 0.29) is 11.9 Å². The Kier molecular flexibility index (Phi) is 6.37. The predicted octanol–water partition coefficient (Wildman–Crippen LogP) is 3.72. The summed E-state index contributed by atoms with van der Waals surface area (Å²) in [5.41, 5.74) is 1.12. The molecule has 4 rings (SSSR count). The lowest BCUT2D eigenvalue weighted by atomic mass is 10.1. The summed E-state index contributed by atoms with van der Waals surface area (Å²) < 4.78 is 7.17. The molecule has 0 bridgehead atoms. The van der Waals surface area contributed by atoms with Crippen molar-refractivity contribution in [1.29, 1.82) is 0 Å². The molecule has 29 heavy (non-hydrogen) atoms. The Balaban J connectivity index is 1.42. The topological polar surface area (TPSA) is 73.1 Å². The molecular formula is C21H29N5O2S. The summed E-state index contributed by atoms with van der Waals surface area (Å²) >= 11 is 1.46. The highest BCUT2D eigenvalue weighted by Gasteiger charge is 2.34. The van der Waals surface area contributed by atoms with Gasteiger partial charge in [0.05, 0.1) is 18.9 Å². The van der Waals surface area contributed by atoms with Gasteiger partial charge in [0.15, 0.2) is 0 Å². The molecule has 1 atom stereocenters. The van der Waals surface area contributed by atoms with Crippen molar-refractivity contribution >= 4 is 17.7 Å². The van der Waals surface area contributed by atoms with Crippen LogP contribution in [-0.2, 0) is 11.3 Å². The summed E-state index contributed by atoms with van der Waals surface area (Å²) in [5, 5.41) is 13.0. The van der Waals surface area contributed by atoms with Gasteiger partial charge >= 0.3 is 0 Å². The zero-order chi connectivity index (χ0) is 20.2. The van der Waals surface area contributed by atoms with Gasteiger partial charge in [-0.05, 0) is 66.6 Å². The van der Waals surface area contributed by atoms with Crippen LogP contribution in [0.3, 0.4) is 0 Å². The van der Waals surface area contributed by atoms with Gasteiger partial charge < -0.3 is 9.64 Å². The quantitative estimate of drug-likeness (QED) is 0.581. The summed E-state index contributed by atoms with van der Waals surface area (Å²) in [5.74, 6) is 1.95. The smallest absolute Gasteiger partial charge is 0.233 e. The number of aromatic nitrogens is 4. The fraction of sp³-hybridized carbons (Fsp3) is 0.619.